The van der Waals surface area contributed by atoms with Crippen LogP contribution in [-0.4, -0.2) is 61.5 Å². The Kier molecular flexibility index (Phi) is 5.40. The summed E-state index contributed by atoms with van der Waals surface area (Å²) in [5.74, 6) is -0.00838. The number of morpholine rings is 1. The molecule has 2 amide bonds. The number of carbonyl (C=O) groups is 2. The van der Waals surface area contributed by atoms with Crippen LogP contribution in [0.4, 0.5) is 11.4 Å². The molecule has 0 aliphatic carbocycles. The average molecular weight is 415 g/mol. The first-order valence-corrected chi connectivity index (χ1v) is 10.7. The molecule has 1 fully saturated rings. The minimum Gasteiger partial charge on any atom is -0.379 e. The molecule has 0 saturated carbocycles. The van der Waals surface area contributed by atoms with Gasteiger partial charge in [-0.1, -0.05) is 48.5 Å². The van der Waals surface area contributed by atoms with E-state index in [0.29, 0.717) is 24.3 Å². The van der Waals surface area contributed by atoms with Crippen molar-refractivity contribution in [3.8, 4) is 0 Å². The number of amides is 2. The normalized spacial score (nSPS) is 16.5. The predicted octanol–water partition coefficient (Wildman–Crippen LogP) is 3.42. The fourth-order valence-corrected chi connectivity index (χ4v) is 4.53. The molecule has 0 bridgehead atoms. The monoisotopic (exact) mass is 415 g/mol. The van der Waals surface area contributed by atoms with Crippen LogP contribution in [0.5, 0.6) is 0 Å². The first kappa shape index (κ1) is 19.7. The van der Waals surface area contributed by atoms with Crippen LogP contribution in [0.25, 0.3) is 10.8 Å². The molecule has 0 spiro atoms. The molecule has 0 unspecified atom stereocenters. The van der Waals surface area contributed by atoms with Crippen LogP contribution in [-0.2, 0) is 16.1 Å². The van der Waals surface area contributed by atoms with E-state index in [-0.39, 0.29) is 5.91 Å². The van der Waals surface area contributed by atoms with Crippen LogP contribution in [0.3, 0.4) is 0 Å². The molecule has 0 aromatic heterocycles. The summed E-state index contributed by atoms with van der Waals surface area (Å²) in [6.45, 7) is 5.38. The minimum absolute atomic E-state index is 0.00838. The molecule has 5 rings (SSSR count). The van der Waals surface area contributed by atoms with Gasteiger partial charge >= 0.3 is 0 Å². The van der Waals surface area contributed by atoms with Crippen molar-refractivity contribution >= 4 is 34.5 Å². The summed E-state index contributed by atoms with van der Waals surface area (Å²) in [5.41, 5.74) is 3.02. The third-order valence-corrected chi connectivity index (χ3v) is 6.17. The van der Waals surface area contributed by atoms with Crippen molar-refractivity contribution in [2.24, 2.45) is 0 Å². The topological polar surface area (TPSA) is 53.1 Å². The highest BCUT2D eigenvalue weighted by molar-refractivity contribution is 6.09. The van der Waals surface area contributed by atoms with Crippen molar-refractivity contribution in [3.63, 3.8) is 0 Å². The number of nitrogens with zero attached hydrogens (tertiary/aromatic N) is 3. The Morgan fingerprint density at radius 3 is 2.48 bits per heavy atom. The lowest BCUT2D eigenvalue weighted by molar-refractivity contribution is -0.106. The third-order valence-electron chi connectivity index (χ3n) is 6.17. The predicted molar refractivity (Wildman–Crippen MR) is 121 cm³/mol. The highest BCUT2D eigenvalue weighted by atomic mass is 16.5. The van der Waals surface area contributed by atoms with E-state index in [4.69, 9.17) is 4.74 Å². The Morgan fingerprint density at radius 2 is 1.65 bits per heavy atom. The van der Waals surface area contributed by atoms with Gasteiger partial charge in [-0.15, -0.1) is 0 Å². The van der Waals surface area contributed by atoms with E-state index in [1.165, 1.54) is 0 Å². The summed E-state index contributed by atoms with van der Waals surface area (Å²) in [7, 11) is 0. The smallest absolute Gasteiger partial charge is 0.256 e. The molecule has 2 heterocycles. The van der Waals surface area contributed by atoms with Crippen molar-refractivity contribution in [2.45, 2.75) is 6.54 Å². The maximum Gasteiger partial charge on any atom is 0.256 e. The minimum atomic E-state index is -0.00838. The lowest BCUT2D eigenvalue weighted by atomic mass is 10.0. The van der Waals surface area contributed by atoms with Crippen molar-refractivity contribution < 1.29 is 14.3 Å². The Hall–Kier alpha value is -3.22. The van der Waals surface area contributed by atoms with Crippen LogP contribution in [0.1, 0.15) is 15.9 Å². The van der Waals surface area contributed by atoms with Crippen molar-refractivity contribution in [1.82, 2.24) is 9.80 Å². The molecule has 1 saturated heterocycles. The number of fused-ring (bicyclic) bond motifs is 2. The Morgan fingerprint density at radius 1 is 0.903 bits per heavy atom. The van der Waals surface area contributed by atoms with E-state index in [1.807, 2.05) is 65.6 Å². The molecule has 3 aromatic rings. The van der Waals surface area contributed by atoms with E-state index in [0.717, 1.165) is 61.3 Å². The largest absolute Gasteiger partial charge is 0.379 e. The molecule has 3 aromatic carbocycles. The van der Waals surface area contributed by atoms with Crippen LogP contribution < -0.4 is 4.90 Å². The van der Waals surface area contributed by atoms with E-state index in [2.05, 4.69) is 4.90 Å². The quantitative estimate of drug-likeness (QED) is 0.579. The average Bonchev–Trinajstić information content (AvgIpc) is 3.15. The maximum atomic E-state index is 13.3. The second-order valence-corrected chi connectivity index (χ2v) is 7.97. The Labute approximate surface area is 181 Å². The van der Waals surface area contributed by atoms with E-state index < -0.39 is 0 Å². The van der Waals surface area contributed by atoms with E-state index in [1.54, 1.807) is 4.90 Å². The van der Waals surface area contributed by atoms with Crippen molar-refractivity contribution in [1.29, 1.82) is 0 Å². The molecule has 2 aliphatic heterocycles. The van der Waals surface area contributed by atoms with E-state index in [9.17, 15) is 9.59 Å². The summed E-state index contributed by atoms with van der Waals surface area (Å²) >= 11 is 0. The molecular weight excluding hydrogens is 390 g/mol. The number of hydrogen-bond acceptors (Lipinski definition) is 4. The molecule has 2 aliphatic rings. The summed E-state index contributed by atoms with van der Waals surface area (Å²) < 4.78 is 5.41. The Bertz CT molecular complexity index is 1120. The molecule has 31 heavy (non-hydrogen) atoms. The fraction of sp³-hybridized carbons (Fsp3) is 0.280. The lowest BCUT2D eigenvalue weighted by Crippen LogP contribution is -2.41. The van der Waals surface area contributed by atoms with Gasteiger partial charge in [-0.3, -0.25) is 19.4 Å². The van der Waals surface area contributed by atoms with Gasteiger partial charge in [-0.05, 0) is 23.1 Å². The third kappa shape index (κ3) is 3.69. The Balaban J connectivity index is 1.45. The second-order valence-electron chi connectivity index (χ2n) is 7.97. The van der Waals surface area contributed by atoms with Gasteiger partial charge in [0.15, 0.2) is 0 Å². The van der Waals surface area contributed by atoms with Crippen molar-refractivity contribution in [2.75, 3.05) is 44.3 Å². The molecular formula is C25H25N3O3. The molecule has 0 radical (unpaired) electrons. The molecule has 0 atom stereocenters. The van der Waals surface area contributed by atoms with Gasteiger partial charge in [-0.25, -0.2) is 0 Å². The van der Waals surface area contributed by atoms with Gasteiger partial charge in [0.25, 0.3) is 5.91 Å². The lowest BCUT2D eigenvalue weighted by Gasteiger charge is -2.28. The molecule has 6 heteroatoms. The number of ether oxygens (including phenoxy) is 1. The molecule has 0 N–H and O–H groups in total. The summed E-state index contributed by atoms with van der Waals surface area (Å²) in [6, 6.07) is 19.6. The summed E-state index contributed by atoms with van der Waals surface area (Å²) in [5, 5.41) is 2.03. The van der Waals surface area contributed by atoms with Crippen LogP contribution >= 0.6 is 0 Å². The van der Waals surface area contributed by atoms with Gasteiger partial charge in [-0.2, -0.15) is 0 Å². The van der Waals surface area contributed by atoms with Gasteiger partial charge in [0.2, 0.25) is 6.41 Å². The molecule has 158 valence electrons. The second kappa shape index (κ2) is 8.49. The fourth-order valence-electron chi connectivity index (χ4n) is 4.53. The van der Waals surface area contributed by atoms with Gasteiger partial charge < -0.3 is 9.64 Å². The standard InChI is InChI=1S/C25H25N3O3/c29-18-28(22-9-3-6-19-5-1-2-8-21(19)22)23-10-4-7-20-17-27(25(30)24(20)23)12-11-26-13-15-31-16-14-26/h1-10,18H,11-17H2. The number of benzene rings is 3. The zero-order chi connectivity index (χ0) is 21.2. The van der Waals surface area contributed by atoms with Crippen LogP contribution in [0.15, 0.2) is 60.7 Å². The number of hydrogen-bond donors (Lipinski definition) is 0. The number of rotatable bonds is 6. The highest BCUT2D eigenvalue weighted by Crippen LogP contribution is 2.37. The first-order chi connectivity index (χ1) is 15.3. The summed E-state index contributed by atoms with van der Waals surface area (Å²) in [6.07, 6.45) is 0.807. The SMILES string of the molecule is O=CN(c1cccc2c1C(=O)N(CCN1CCOCC1)C2)c1cccc2ccccc12. The van der Waals surface area contributed by atoms with Crippen LogP contribution in [0.2, 0.25) is 0 Å². The number of anilines is 2. The summed E-state index contributed by atoms with van der Waals surface area (Å²) in [4.78, 5) is 31.4. The zero-order valence-electron chi connectivity index (χ0n) is 17.4. The first-order valence-electron chi connectivity index (χ1n) is 10.7. The van der Waals surface area contributed by atoms with Crippen LogP contribution in [0, 0.1) is 0 Å². The van der Waals surface area contributed by atoms with Gasteiger partial charge in [0.05, 0.1) is 30.2 Å². The van der Waals surface area contributed by atoms with Crippen molar-refractivity contribution in [3.05, 3.63) is 71.8 Å². The number of carbonyl (C=O) groups excluding carboxylic acids is 2. The van der Waals surface area contributed by atoms with Gasteiger partial charge in [0, 0.05) is 38.1 Å². The maximum absolute atomic E-state index is 13.3. The molecule has 6 nitrogen and oxygen atoms in total. The highest BCUT2D eigenvalue weighted by Gasteiger charge is 2.32. The van der Waals surface area contributed by atoms with Gasteiger partial charge in [0.1, 0.15) is 0 Å². The van der Waals surface area contributed by atoms with E-state index >= 15 is 0 Å². The zero-order valence-corrected chi connectivity index (χ0v) is 17.4.